The molecule has 0 aliphatic carbocycles. The third kappa shape index (κ3) is 2.23. The summed E-state index contributed by atoms with van der Waals surface area (Å²) in [5.74, 6) is -6.33. The molecule has 0 atom stereocenters. The third-order valence-electron chi connectivity index (χ3n) is 0.950. The molecule has 2 nitrogen and oxygen atoms in total. The summed E-state index contributed by atoms with van der Waals surface area (Å²) in [7, 11) is 0. The fraction of sp³-hybridized carbons (Fsp3) is 0.750. The van der Waals surface area contributed by atoms with Crippen LogP contribution < -0.4 is 0 Å². The van der Waals surface area contributed by atoms with Crippen LogP contribution in [0.5, 0.6) is 0 Å². The van der Waals surface area contributed by atoms with Gasteiger partial charge in [0.2, 0.25) is 0 Å². The Kier molecular flexibility index (Phi) is 2.99. The average molecular weight is 232 g/mol. The average Bonchev–Trinajstić information content (AvgIpc) is 1.79. The van der Waals surface area contributed by atoms with Crippen LogP contribution in [0.2, 0.25) is 0 Å². The Morgan fingerprint density at radius 2 is 1.14 bits per heavy atom. The monoisotopic (exact) mass is 232 g/mol. The number of alkyl halides is 7. The van der Waals surface area contributed by atoms with E-state index in [1.807, 2.05) is 4.74 Å². The van der Waals surface area contributed by atoms with E-state index >= 15 is 0 Å². The van der Waals surface area contributed by atoms with Gasteiger partial charge in [-0.05, 0) is 0 Å². The maximum absolute atomic E-state index is 12.1. The quantitative estimate of drug-likeness (QED) is 0.513. The van der Waals surface area contributed by atoms with Crippen molar-refractivity contribution < 1.29 is 44.7 Å². The van der Waals surface area contributed by atoms with Gasteiger partial charge in [0.25, 0.3) is 0 Å². The molecule has 0 bridgehead atoms. The van der Waals surface area contributed by atoms with Gasteiger partial charge >= 0.3 is 24.4 Å². The molecule has 14 heavy (non-hydrogen) atoms. The standard InChI is InChI=1S/C4F8O2/c5-1(13)14-2(6,3(7,8)9)4(10,11)12. The number of hydrogen-bond acceptors (Lipinski definition) is 2. The zero-order chi connectivity index (χ0) is 11.8. The van der Waals surface area contributed by atoms with E-state index in [4.69, 9.17) is 0 Å². The lowest BCUT2D eigenvalue weighted by Gasteiger charge is -2.27. The van der Waals surface area contributed by atoms with Crippen LogP contribution in [0.1, 0.15) is 0 Å². The van der Waals surface area contributed by atoms with Crippen LogP contribution in [0, 0.1) is 0 Å². The van der Waals surface area contributed by atoms with Gasteiger partial charge in [0, 0.05) is 0 Å². The molecule has 0 aliphatic heterocycles. The van der Waals surface area contributed by atoms with Gasteiger partial charge in [-0.15, -0.1) is 4.39 Å². The molecule has 0 rings (SSSR count). The van der Waals surface area contributed by atoms with Gasteiger partial charge < -0.3 is 4.74 Å². The molecular weight excluding hydrogens is 232 g/mol. The Labute approximate surface area is 70.4 Å². The molecule has 0 saturated carbocycles. The lowest BCUT2D eigenvalue weighted by atomic mass is 10.3. The molecular formula is C4F8O2. The Balaban J connectivity index is 5.18. The molecule has 0 saturated heterocycles. The highest BCUT2D eigenvalue weighted by Gasteiger charge is 2.76. The molecule has 0 radical (unpaired) electrons. The fourth-order valence-electron chi connectivity index (χ4n) is 0.387. The summed E-state index contributed by atoms with van der Waals surface area (Å²) in [6, 6.07) is 0. The van der Waals surface area contributed by atoms with Crippen LogP contribution in [0.4, 0.5) is 39.9 Å². The van der Waals surface area contributed by atoms with E-state index in [1.165, 1.54) is 0 Å². The summed E-state index contributed by atoms with van der Waals surface area (Å²) < 4.78 is 93.8. The van der Waals surface area contributed by atoms with E-state index in [0.717, 1.165) is 0 Å². The van der Waals surface area contributed by atoms with Crippen molar-refractivity contribution >= 4 is 6.22 Å². The number of ether oxygens (including phenoxy) is 1. The minimum atomic E-state index is -6.60. The second kappa shape index (κ2) is 3.24. The van der Waals surface area contributed by atoms with Gasteiger partial charge in [-0.2, -0.15) is 30.7 Å². The van der Waals surface area contributed by atoms with Crippen LogP contribution in [0.3, 0.4) is 0 Å². The normalized spacial score (nSPS) is 14.0. The van der Waals surface area contributed by atoms with Crippen molar-refractivity contribution in [1.29, 1.82) is 0 Å². The first-order valence-electron chi connectivity index (χ1n) is 2.62. The van der Waals surface area contributed by atoms with Crippen LogP contribution >= 0.6 is 0 Å². The van der Waals surface area contributed by atoms with Crippen molar-refractivity contribution in [2.75, 3.05) is 0 Å². The highest BCUT2D eigenvalue weighted by molar-refractivity contribution is 5.58. The predicted molar refractivity (Wildman–Crippen MR) is 23.5 cm³/mol. The third-order valence-corrected chi connectivity index (χ3v) is 0.950. The van der Waals surface area contributed by atoms with E-state index in [1.54, 1.807) is 0 Å². The first kappa shape index (κ1) is 12.9. The fourth-order valence-corrected chi connectivity index (χ4v) is 0.387. The maximum Gasteiger partial charge on any atom is 0.498 e. The summed E-state index contributed by atoms with van der Waals surface area (Å²) in [4.78, 5) is 9.22. The number of rotatable bonds is 1. The molecule has 0 aliphatic rings. The van der Waals surface area contributed by atoms with Crippen LogP contribution in [-0.2, 0) is 4.74 Å². The van der Waals surface area contributed by atoms with E-state index < -0.39 is 24.4 Å². The molecule has 0 amide bonds. The van der Waals surface area contributed by atoms with Gasteiger partial charge in [0.15, 0.2) is 0 Å². The lowest BCUT2D eigenvalue weighted by Crippen LogP contribution is -2.55. The topological polar surface area (TPSA) is 26.3 Å². The Morgan fingerprint density at radius 3 is 1.21 bits per heavy atom. The first-order chi connectivity index (χ1) is 5.92. The van der Waals surface area contributed by atoms with E-state index in [2.05, 4.69) is 0 Å². The minimum Gasteiger partial charge on any atom is -0.386 e. The van der Waals surface area contributed by atoms with E-state index in [-0.39, 0.29) is 0 Å². The molecule has 0 unspecified atom stereocenters. The Bertz CT molecular complexity index is 212. The van der Waals surface area contributed by atoms with Gasteiger partial charge in [0.1, 0.15) is 0 Å². The molecule has 0 aromatic rings. The molecule has 0 N–H and O–H groups in total. The molecule has 0 aromatic carbocycles. The molecule has 0 heterocycles. The molecule has 84 valence electrons. The number of carbonyl (C=O) groups is 1. The van der Waals surface area contributed by atoms with Crippen molar-refractivity contribution in [3.63, 3.8) is 0 Å². The number of halogens is 8. The lowest BCUT2D eigenvalue weighted by molar-refractivity contribution is -0.415. The van der Waals surface area contributed by atoms with E-state index in [9.17, 15) is 39.9 Å². The summed E-state index contributed by atoms with van der Waals surface area (Å²) in [6.45, 7) is 0. The summed E-state index contributed by atoms with van der Waals surface area (Å²) in [5.41, 5.74) is 0. The van der Waals surface area contributed by atoms with Crippen molar-refractivity contribution in [2.24, 2.45) is 0 Å². The highest BCUT2D eigenvalue weighted by Crippen LogP contribution is 2.47. The van der Waals surface area contributed by atoms with E-state index in [0.29, 0.717) is 0 Å². The zero-order valence-electron chi connectivity index (χ0n) is 5.84. The van der Waals surface area contributed by atoms with Crippen LogP contribution in [-0.4, -0.2) is 24.4 Å². The molecule has 10 heteroatoms. The van der Waals surface area contributed by atoms with Crippen molar-refractivity contribution in [3.05, 3.63) is 0 Å². The van der Waals surface area contributed by atoms with Crippen LogP contribution in [0.25, 0.3) is 0 Å². The molecule has 0 fully saturated rings. The molecule has 0 aromatic heterocycles. The Hall–Kier alpha value is -1.09. The second-order valence-electron chi connectivity index (χ2n) is 1.93. The maximum atomic E-state index is 12.1. The van der Waals surface area contributed by atoms with Crippen LogP contribution in [0.15, 0.2) is 0 Å². The molecule has 0 spiro atoms. The summed E-state index contributed by atoms with van der Waals surface area (Å²) in [6.07, 6.45) is -16.7. The predicted octanol–water partition coefficient (Wildman–Crippen LogP) is 2.88. The number of carbonyl (C=O) groups excluding carboxylic acids is 1. The van der Waals surface area contributed by atoms with Gasteiger partial charge in [0.05, 0.1) is 0 Å². The summed E-state index contributed by atoms with van der Waals surface area (Å²) >= 11 is 0. The Morgan fingerprint density at radius 1 is 0.857 bits per heavy atom. The smallest absolute Gasteiger partial charge is 0.386 e. The van der Waals surface area contributed by atoms with Crippen molar-refractivity contribution in [2.45, 2.75) is 18.2 Å². The van der Waals surface area contributed by atoms with Gasteiger partial charge in [-0.25, -0.2) is 4.79 Å². The van der Waals surface area contributed by atoms with Crippen molar-refractivity contribution in [3.8, 4) is 0 Å². The highest BCUT2D eigenvalue weighted by atomic mass is 19.4. The first-order valence-corrected chi connectivity index (χ1v) is 2.62. The van der Waals surface area contributed by atoms with Crippen molar-refractivity contribution in [1.82, 2.24) is 0 Å². The largest absolute Gasteiger partial charge is 0.498 e. The SMILES string of the molecule is O=C(F)OC(F)(C(F)(F)F)C(F)(F)F. The summed E-state index contributed by atoms with van der Waals surface area (Å²) in [5, 5.41) is 0. The minimum absolute atomic E-state index is 1.94. The number of hydrogen-bond donors (Lipinski definition) is 0. The second-order valence-corrected chi connectivity index (χ2v) is 1.93. The van der Waals surface area contributed by atoms with Gasteiger partial charge in [-0.3, -0.25) is 0 Å². The zero-order valence-corrected chi connectivity index (χ0v) is 5.84. The van der Waals surface area contributed by atoms with Gasteiger partial charge in [-0.1, -0.05) is 0 Å².